The summed E-state index contributed by atoms with van der Waals surface area (Å²) >= 11 is 0. The minimum Gasteiger partial charge on any atom is -0.507 e. The summed E-state index contributed by atoms with van der Waals surface area (Å²) in [6.45, 7) is 7.10. The summed E-state index contributed by atoms with van der Waals surface area (Å²) in [5, 5.41) is 10.00. The van der Waals surface area contributed by atoms with Crippen molar-refractivity contribution in [2.24, 2.45) is 0 Å². The first-order chi connectivity index (χ1) is 8.78. The van der Waals surface area contributed by atoms with Crippen LogP contribution in [0.1, 0.15) is 43.0 Å². The molecule has 106 valence electrons. The van der Waals surface area contributed by atoms with E-state index in [2.05, 4.69) is 5.48 Å². The van der Waals surface area contributed by atoms with Gasteiger partial charge >= 0.3 is 0 Å². The van der Waals surface area contributed by atoms with Crippen LogP contribution in [0.25, 0.3) is 0 Å². The van der Waals surface area contributed by atoms with Crippen LogP contribution >= 0.6 is 0 Å². The summed E-state index contributed by atoms with van der Waals surface area (Å²) in [5.41, 5.74) is 3.82. The average Bonchev–Trinajstić information content (AvgIpc) is 2.32. The van der Waals surface area contributed by atoms with E-state index >= 15 is 0 Å². The molecular weight excluding hydrogens is 249 g/mol. The zero-order valence-corrected chi connectivity index (χ0v) is 11.9. The molecule has 1 atom stereocenters. The topological polar surface area (TPSA) is 50.7 Å². The van der Waals surface area contributed by atoms with Gasteiger partial charge in [0.1, 0.15) is 11.4 Å². The maximum Gasteiger partial charge on any atom is 0.172 e. The normalized spacial score (nSPS) is 20.8. The second-order valence-corrected chi connectivity index (χ2v) is 5.60. The van der Waals surface area contributed by atoms with Crippen LogP contribution in [0, 0.1) is 19.7 Å². The highest BCUT2D eigenvalue weighted by Crippen LogP contribution is 2.46. The number of hydrogen-bond acceptors (Lipinski definition) is 4. The van der Waals surface area contributed by atoms with Gasteiger partial charge in [0.25, 0.3) is 0 Å². The molecule has 1 aromatic rings. The number of fused-ring (bicyclic) bond motifs is 1. The summed E-state index contributed by atoms with van der Waals surface area (Å²) < 4.78 is 20.1. The fourth-order valence-electron chi connectivity index (χ4n) is 2.65. The molecule has 1 aliphatic rings. The highest BCUT2D eigenvalue weighted by atomic mass is 19.1. The number of hydrogen-bond donors (Lipinski definition) is 2. The minimum atomic E-state index is -0.506. The van der Waals surface area contributed by atoms with Crippen LogP contribution in [0.3, 0.4) is 0 Å². The summed E-state index contributed by atoms with van der Waals surface area (Å²) in [4.78, 5) is 4.99. The van der Waals surface area contributed by atoms with Gasteiger partial charge in [0.05, 0.1) is 13.2 Å². The van der Waals surface area contributed by atoms with Crippen LogP contribution in [0.5, 0.6) is 11.5 Å². The van der Waals surface area contributed by atoms with Crippen molar-refractivity contribution >= 4 is 0 Å². The molecule has 0 aromatic heterocycles. The van der Waals surface area contributed by atoms with Gasteiger partial charge < -0.3 is 14.7 Å². The Kier molecular flexibility index (Phi) is 3.45. The van der Waals surface area contributed by atoms with E-state index in [1.165, 1.54) is 7.11 Å². The maximum atomic E-state index is 14.3. The van der Waals surface area contributed by atoms with Crippen molar-refractivity contribution in [2.75, 3.05) is 7.11 Å². The first kappa shape index (κ1) is 14.1. The standard InChI is InChI=1S/C14H20FNO3/c1-7-10-9(16-18-5)6-14(3,4)19-13(10)11(15)8(2)12(7)17/h9,16-17H,6H2,1-5H3. The van der Waals surface area contributed by atoms with Crippen LogP contribution in [0.4, 0.5) is 4.39 Å². The van der Waals surface area contributed by atoms with Gasteiger partial charge in [0.2, 0.25) is 0 Å². The fraction of sp³-hybridized carbons (Fsp3) is 0.571. The predicted octanol–water partition coefficient (Wildman–Crippen LogP) is 2.90. The van der Waals surface area contributed by atoms with E-state index in [4.69, 9.17) is 9.57 Å². The highest BCUT2D eigenvalue weighted by molar-refractivity contribution is 5.55. The molecule has 1 heterocycles. The van der Waals surface area contributed by atoms with Crippen LogP contribution < -0.4 is 10.2 Å². The summed E-state index contributed by atoms with van der Waals surface area (Å²) in [6.07, 6.45) is 0.622. The number of aromatic hydroxyl groups is 1. The third-order valence-electron chi connectivity index (χ3n) is 3.57. The Bertz CT molecular complexity index is 514. The molecule has 2 N–H and O–H groups in total. The van der Waals surface area contributed by atoms with E-state index in [-0.39, 0.29) is 23.1 Å². The Hall–Kier alpha value is -1.33. The minimum absolute atomic E-state index is 0.0255. The molecule has 0 bridgehead atoms. The molecule has 0 amide bonds. The summed E-state index contributed by atoms with van der Waals surface area (Å²) in [5.74, 6) is -0.324. The van der Waals surface area contributed by atoms with Gasteiger partial charge in [0, 0.05) is 17.5 Å². The number of ether oxygens (including phenoxy) is 1. The van der Waals surface area contributed by atoms with Crippen molar-refractivity contribution in [3.05, 3.63) is 22.5 Å². The largest absolute Gasteiger partial charge is 0.507 e. The number of phenols is 1. The van der Waals surface area contributed by atoms with Gasteiger partial charge in [-0.05, 0) is 33.3 Å². The van der Waals surface area contributed by atoms with E-state index in [1.807, 2.05) is 13.8 Å². The smallest absolute Gasteiger partial charge is 0.172 e. The van der Waals surface area contributed by atoms with E-state index in [9.17, 15) is 9.50 Å². The van der Waals surface area contributed by atoms with Crippen LogP contribution in [0.2, 0.25) is 0 Å². The molecule has 0 aliphatic carbocycles. The monoisotopic (exact) mass is 269 g/mol. The van der Waals surface area contributed by atoms with Gasteiger partial charge in [-0.2, -0.15) is 5.48 Å². The van der Waals surface area contributed by atoms with Gasteiger partial charge in [-0.3, -0.25) is 0 Å². The molecule has 5 heteroatoms. The van der Waals surface area contributed by atoms with Crippen LogP contribution in [-0.2, 0) is 4.84 Å². The lowest BCUT2D eigenvalue weighted by molar-refractivity contribution is 0.000195. The summed E-state index contributed by atoms with van der Waals surface area (Å²) in [6, 6.07) is -0.218. The molecule has 1 aromatic carbocycles. The highest BCUT2D eigenvalue weighted by Gasteiger charge is 2.38. The average molecular weight is 269 g/mol. The molecule has 0 saturated heterocycles. The Morgan fingerprint density at radius 3 is 2.58 bits per heavy atom. The summed E-state index contributed by atoms with van der Waals surface area (Å²) in [7, 11) is 1.52. The van der Waals surface area contributed by atoms with Crippen molar-refractivity contribution in [1.82, 2.24) is 5.48 Å². The zero-order valence-electron chi connectivity index (χ0n) is 11.9. The lowest BCUT2D eigenvalue weighted by Gasteiger charge is -2.38. The van der Waals surface area contributed by atoms with Gasteiger partial charge in [-0.1, -0.05) is 0 Å². The SMILES string of the molecule is CONC1CC(C)(C)Oc2c(F)c(C)c(O)c(C)c21. The number of rotatable bonds is 2. The van der Waals surface area contributed by atoms with E-state index < -0.39 is 11.4 Å². The third-order valence-corrected chi connectivity index (χ3v) is 3.57. The molecule has 19 heavy (non-hydrogen) atoms. The van der Waals surface area contributed by atoms with Crippen molar-refractivity contribution in [1.29, 1.82) is 0 Å². The lowest BCUT2D eigenvalue weighted by Crippen LogP contribution is -2.40. The Balaban J connectivity index is 2.66. The molecule has 0 fully saturated rings. The first-order valence-corrected chi connectivity index (χ1v) is 6.27. The van der Waals surface area contributed by atoms with Crippen molar-refractivity contribution in [3.8, 4) is 11.5 Å². The molecular formula is C14H20FNO3. The van der Waals surface area contributed by atoms with Gasteiger partial charge in [-0.15, -0.1) is 0 Å². The molecule has 2 rings (SSSR count). The number of phenolic OH excluding ortho intramolecular Hbond substituents is 1. The van der Waals surface area contributed by atoms with Crippen molar-refractivity contribution < 1.29 is 19.1 Å². The fourth-order valence-corrected chi connectivity index (χ4v) is 2.65. The Labute approximate surface area is 112 Å². The van der Waals surface area contributed by atoms with E-state index in [0.29, 0.717) is 17.5 Å². The van der Waals surface area contributed by atoms with Crippen LogP contribution in [-0.4, -0.2) is 17.8 Å². The molecule has 0 saturated carbocycles. The van der Waals surface area contributed by atoms with Crippen LogP contribution in [0.15, 0.2) is 0 Å². The Morgan fingerprint density at radius 2 is 2.00 bits per heavy atom. The quantitative estimate of drug-likeness (QED) is 0.811. The van der Waals surface area contributed by atoms with E-state index in [1.54, 1.807) is 13.8 Å². The lowest BCUT2D eigenvalue weighted by atomic mass is 9.86. The zero-order chi connectivity index (χ0) is 14.4. The van der Waals surface area contributed by atoms with Crippen molar-refractivity contribution in [2.45, 2.75) is 45.8 Å². The molecule has 0 spiro atoms. The first-order valence-electron chi connectivity index (χ1n) is 6.27. The number of benzene rings is 1. The molecule has 0 radical (unpaired) electrons. The number of halogens is 1. The predicted molar refractivity (Wildman–Crippen MR) is 69.7 cm³/mol. The van der Waals surface area contributed by atoms with Gasteiger partial charge in [-0.25, -0.2) is 4.39 Å². The number of hydroxylamine groups is 1. The molecule has 4 nitrogen and oxygen atoms in total. The molecule has 1 aliphatic heterocycles. The molecule has 1 unspecified atom stereocenters. The number of nitrogens with one attached hydrogen (secondary N) is 1. The second kappa shape index (κ2) is 4.65. The maximum absolute atomic E-state index is 14.3. The third kappa shape index (κ3) is 2.28. The Morgan fingerprint density at radius 1 is 1.37 bits per heavy atom. The van der Waals surface area contributed by atoms with Crippen molar-refractivity contribution in [3.63, 3.8) is 0 Å². The van der Waals surface area contributed by atoms with E-state index in [0.717, 1.165) is 0 Å². The second-order valence-electron chi connectivity index (χ2n) is 5.60. The van der Waals surface area contributed by atoms with Gasteiger partial charge in [0.15, 0.2) is 11.6 Å².